The van der Waals surface area contributed by atoms with Crippen molar-refractivity contribution in [2.24, 2.45) is 7.05 Å². The van der Waals surface area contributed by atoms with Crippen LogP contribution in [0.15, 0.2) is 53.3 Å². The van der Waals surface area contributed by atoms with Gasteiger partial charge in [0.05, 0.1) is 18.4 Å². The number of ether oxygens (including phenoxy) is 1. The van der Waals surface area contributed by atoms with Crippen LogP contribution in [0.1, 0.15) is 16.1 Å². The van der Waals surface area contributed by atoms with Crippen LogP contribution in [0.3, 0.4) is 0 Å². The van der Waals surface area contributed by atoms with Gasteiger partial charge in [0.15, 0.2) is 6.61 Å². The number of para-hydroxylation sites is 1. The number of amides is 1. The zero-order valence-corrected chi connectivity index (χ0v) is 13.6. The van der Waals surface area contributed by atoms with Crippen molar-refractivity contribution in [1.29, 1.82) is 0 Å². The molecule has 3 aromatic rings. The lowest BCUT2D eigenvalue weighted by atomic mass is 10.2. The molecule has 0 spiro atoms. The molecule has 2 aromatic heterocycles. The number of hydrogen-bond donors (Lipinski definition) is 0. The molecule has 0 bridgehead atoms. The first-order valence-electron chi connectivity index (χ1n) is 7.54. The summed E-state index contributed by atoms with van der Waals surface area (Å²) in [6, 6.07) is 11.1. The van der Waals surface area contributed by atoms with Crippen molar-refractivity contribution in [3.8, 4) is 0 Å². The smallest absolute Gasteiger partial charge is 0.340 e. The molecule has 24 heavy (non-hydrogen) atoms. The predicted molar refractivity (Wildman–Crippen MR) is 88.4 cm³/mol. The first kappa shape index (κ1) is 15.9. The molecular formula is C18H18N2O4. The van der Waals surface area contributed by atoms with Crippen LogP contribution in [0.25, 0.3) is 10.9 Å². The third kappa shape index (κ3) is 3.17. The van der Waals surface area contributed by atoms with E-state index in [-0.39, 0.29) is 12.5 Å². The zero-order valence-electron chi connectivity index (χ0n) is 13.6. The standard InChI is InChI=1S/C18H18N2O4/c1-19-11-15(14-7-3-4-8-16(14)19)18(22)24-12-17(21)20(2)10-13-6-5-9-23-13/h3-9,11H,10,12H2,1-2H3. The van der Waals surface area contributed by atoms with Crippen molar-refractivity contribution in [2.75, 3.05) is 13.7 Å². The fraction of sp³-hybridized carbons (Fsp3) is 0.222. The highest BCUT2D eigenvalue weighted by Gasteiger charge is 2.18. The van der Waals surface area contributed by atoms with E-state index in [1.807, 2.05) is 35.9 Å². The van der Waals surface area contributed by atoms with Crippen LogP contribution in [0.2, 0.25) is 0 Å². The average Bonchev–Trinajstić information content (AvgIpc) is 3.21. The van der Waals surface area contributed by atoms with E-state index in [1.165, 1.54) is 4.90 Å². The molecule has 0 atom stereocenters. The lowest BCUT2D eigenvalue weighted by Crippen LogP contribution is -2.30. The Kier molecular flexibility index (Phi) is 4.37. The molecule has 6 nitrogen and oxygen atoms in total. The van der Waals surface area contributed by atoms with Gasteiger partial charge in [-0.05, 0) is 18.2 Å². The fourth-order valence-electron chi connectivity index (χ4n) is 2.54. The first-order valence-corrected chi connectivity index (χ1v) is 7.54. The van der Waals surface area contributed by atoms with Crippen LogP contribution in [0.5, 0.6) is 0 Å². The van der Waals surface area contributed by atoms with E-state index in [1.54, 1.807) is 31.6 Å². The van der Waals surface area contributed by atoms with Gasteiger partial charge >= 0.3 is 5.97 Å². The third-order valence-corrected chi connectivity index (χ3v) is 3.84. The van der Waals surface area contributed by atoms with Gasteiger partial charge in [-0.15, -0.1) is 0 Å². The number of aryl methyl sites for hydroxylation is 1. The van der Waals surface area contributed by atoms with Crippen LogP contribution in [0, 0.1) is 0 Å². The second-order valence-electron chi connectivity index (χ2n) is 5.58. The molecule has 2 heterocycles. The Labute approximate surface area is 139 Å². The van der Waals surface area contributed by atoms with Gasteiger partial charge in [0.1, 0.15) is 5.76 Å². The number of nitrogens with zero attached hydrogens (tertiary/aromatic N) is 2. The molecule has 1 amide bonds. The summed E-state index contributed by atoms with van der Waals surface area (Å²) in [5, 5.41) is 0.807. The number of rotatable bonds is 5. The number of fused-ring (bicyclic) bond motifs is 1. The van der Waals surface area contributed by atoms with Gasteiger partial charge in [0.2, 0.25) is 0 Å². The fourth-order valence-corrected chi connectivity index (χ4v) is 2.54. The van der Waals surface area contributed by atoms with Crippen molar-refractivity contribution in [3.63, 3.8) is 0 Å². The molecule has 6 heteroatoms. The van der Waals surface area contributed by atoms with Crippen molar-refractivity contribution in [2.45, 2.75) is 6.54 Å². The summed E-state index contributed by atoms with van der Waals surface area (Å²) in [6.07, 6.45) is 3.26. The van der Waals surface area contributed by atoms with E-state index < -0.39 is 5.97 Å². The molecule has 0 unspecified atom stereocenters. The van der Waals surface area contributed by atoms with Crippen molar-refractivity contribution in [3.05, 3.63) is 60.2 Å². The Morgan fingerprint density at radius 3 is 2.75 bits per heavy atom. The van der Waals surface area contributed by atoms with E-state index in [9.17, 15) is 9.59 Å². The number of furan rings is 1. The van der Waals surface area contributed by atoms with Crippen molar-refractivity contribution in [1.82, 2.24) is 9.47 Å². The van der Waals surface area contributed by atoms with Crippen LogP contribution in [0.4, 0.5) is 0 Å². The monoisotopic (exact) mass is 326 g/mol. The summed E-state index contributed by atoms with van der Waals surface area (Å²) in [5.41, 5.74) is 1.39. The largest absolute Gasteiger partial charge is 0.467 e. The van der Waals surface area contributed by atoms with E-state index >= 15 is 0 Å². The quantitative estimate of drug-likeness (QED) is 0.676. The normalized spacial score (nSPS) is 10.8. The van der Waals surface area contributed by atoms with Crippen LogP contribution < -0.4 is 0 Å². The zero-order chi connectivity index (χ0) is 17.1. The average molecular weight is 326 g/mol. The number of aromatic nitrogens is 1. The number of carbonyl (C=O) groups is 2. The molecule has 0 radical (unpaired) electrons. The van der Waals surface area contributed by atoms with Gasteiger partial charge in [-0.3, -0.25) is 4.79 Å². The summed E-state index contributed by atoms with van der Waals surface area (Å²) < 4.78 is 12.2. The minimum Gasteiger partial charge on any atom is -0.467 e. The highest BCUT2D eigenvalue weighted by molar-refractivity contribution is 6.04. The summed E-state index contributed by atoms with van der Waals surface area (Å²) in [4.78, 5) is 25.8. The highest BCUT2D eigenvalue weighted by Crippen LogP contribution is 2.21. The Morgan fingerprint density at radius 2 is 2.00 bits per heavy atom. The molecule has 0 aliphatic rings. The van der Waals surface area contributed by atoms with Gasteiger partial charge < -0.3 is 18.6 Å². The second-order valence-corrected chi connectivity index (χ2v) is 5.58. The third-order valence-electron chi connectivity index (χ3n) is 3.84. The Hall–Kier alpha value is -3.02. The van der Waals surface area contributed by atoms with Crippen LogP contribution in [-0.4, -0.2) is 35.0 Å². The highest BCUT2D eigenvalue weighted by atomic mass is 16.5. The molecule has 124 valence electrons. The van der Waals surface area contributed by atoms with Gasteiger partial charge in [0, 0.05) is 31.2 Å². The first-order chi connectivity index (χ1) is 11.6. The van der Waals surface area contributed by atoms with Gasteiger partial charge in [-0.2, -0.15) is 0 Å². The summed E-state index contributed by atoms with van der Waals surface area (Å²) in [5.74, 6) is -0.127. The van der Waals surface area contributed by atoms with E-state index in [0.29, 0.717) is 17.9 Å². The van der Waals surface area contributed by atoms with Gasteiger partial charge in [-0.25, -0.2) is 4.79 Å². The lowest BCUT2D eigenvalue weighted by Gasteiger charge is -2.15. The second kappa shape index (κ2) is 6.62. The number of likely N-dealkylation sites (N-methyl/N-ethyl adjacent to an activating group) is 1. The number of carbonyl (C=O) groups excluding carboxylic acids is 2. The van der Waals surface area contributed by atoms with Gasteiger partial charge in [-0.1, -0.05) is 18.2 Å². The Morgan fingerprint density at radius 1 is 1.21 bits per heavy atom. The maximum Gasteiger partial charge on any atom is 0.340 e. The Bertz CT molecular complexity index is 864. The summed E-state index contributed by atoms with van der Waals surface area (Å²) in [7, 11) is 3.50. The van der Waals surface area contributed by atoms with Crippen LogP contribution in [-0.2, 0) is 23.1 Å². The number of hydrogen-bond acceptors (Lipinski definition) is 4. The molecule has 3 rings (SSSR count). The molecule has 0 fully saturated rings. The van der Waals surface area contributed by atoms with E-state index in [2.05, 4.69) is 0 Å². The van der Waals surface area contributed by atoms with E-state index in [0.717, 1.165) is 10.9 Å². The van der Waals surface area contributed by atoms with E-state index in [4.69, 9.17) is 9.15 Å². The van der Waals surface area contributed by atoms with Gasteiger partial charge in [0.25, 0.3) is 5.91 Å². The SMILES string of the molecule is CN(Cc1ccco1)C(=O)COC(=O)c1cn(C)c2ccccc12. The van der Waals surface area contributed by atoms with Crippen molar-refractivity contribution >= 4 is 22.8 Å². The lowest BCUT2D eigenvalue weighted by molar-refractivity contribution is -0.133. The minimum absolute atomic E-state index is 0.292. The molecule has 0 N–H and O–H groups in total. The minimum atomic E-state index is -0.508. The maximum absolute atomic E-state index is 12.3. The molecule has 0 aliphatic heterocycles. The molecule has 0 aliphatic carbocycles. The molecular weight excluding hydrogens is 308 g/mol. The summed E-state index contributed by atoms with van der Waals surface area (Å²) >= 11 is 0. The maximum atomic E-state index is 12.3. The van der Waals surface area contributed by atoms with Crippen molar-refractivity contribution < 1.29 is 18.7 Å². The Balaban J connectivity index is 1.63. The summed E-state index contributed by atoms with van der Waals surface area (Å²) in [6.45, 7) is 0.0247. The predicted octanol–water partition coefficient (Wildman–Crippen LogP) is 2.59. The van der Waals surface area contributed by atoms with Crippen LogP contribution >= 0.6 is 0 Å². The number of benzene rings is 1. The molecule has 1 aromatic carbocycles. The molecule has 0 saturated heterocycles. The topological polar surface area (TPSA) is 64.7 Å². The number of esters is 1. The molecule has 0 saturated carbocycles.